The minimum Gasteiger partial charge on any atom is -0.424 e. The van der Waals surface area contributed by atoms with Crippen molar-refractivity contribution in [1.29, 1.82) is 0 Å². The number of aryl methyl sites for hydroxylation is 4. The number of benzene rings is 3. The van der Waals surface area contributed by atoms with Crippen molar-refractivity contribution >= 4 is 19.4 Å². The summed E-state index contributed by atoms with van der Waals surface area (Å²) in [6.07, 6.45) is 0. The van der Waals surface area contributed by atoms with Gasteiger partial charge in [-0.3, -0.25) is 0 Å². The van der Waals surface area contributed by atoms with Crippen LogP contribution in [0.2, 0.25) is 0 Å². The predicted octanol–water partition coefficient (Wildman–Crippen LogP) is 6.62. The lowest BCUT2D eigenvalue weighted by molar-refractivity contribution is 0.625. The van der Waals surface area contributed by atoms with E-state index in [1.165, 1.54) is 55.9 Å². The van der Waals surface area contributed by atoms with Gasteiger partial charge in [-0.25, -0.2) is 0 Å². The van der Waals surface area contributed by atoms with Gasteiger partial charge in [-0.15, -0.1) is 0 Å². The lowest BCUT2D eigenvalue weighted by atomic mass is 9.73. The summed E-state index contributed by atoms with van der Waals surface area (Å²) in [4.78, 5) is 4.43. The molecule has 3 heteroatoms. The Balaban J connectivity index is 1.98. The molecule has 3 rings (SSSR count). The summed E-state index contributed by atoms with van der Waals surface area (Å²) in [5.74, 6) is 0. The first-order valence-electron chi connectivity index (χ1n) is 12.4. The highest BCUT2D eigenvalue weighted by Crippen LogP contribution is 2.39. The molecule has 0 spiro atoms. The number of rotatable bonds is 6. The van der Waals surface area contributed by atoms with E-state index in [2.05, 4.69) is 143 Å². The number of hydrogen-bond acceptors (Lipinski definition) is 2. The van der Waals surface area contributed by atoms with Crippen molar-refractivity contribution in [1.82, 2.24) is 0 Å². The average Bonchev–Trinajstić information content (AvgIpc) is 2.72. The van der Waals surface area contributed by atoms with Gasteiger partial charge < -0.3 is 9.71 Å². The van der Waals surface area contributed by atoms with Crippen LogP contribution in [0.15, 0.2) is 48.5 Å². The standard InChI is InChI=1S/C31H43BN2/c1-20-16-26(17-21(2)28(20)33(9)10)30(5,6)24-12-14-25(15-13-24)31(7,8)27-18-22(3)29(34(11)32)23(4)19-27/h12-19H,32H2,1-11H3. The van der Waals surface area contributed by atoms with Gasteiger partial charge in [0.1, 0.15) is 0 Å². The van der Waals surface area contributed by atoms with Gasteiger partial charge in [-0.1, -0.05) is 76.2 Å². The van der Waals surface area contributed by atoms with Crippen LogP contribution in [-0.2, 0) is 10.8 Å². The number of nitrogens with zero attached hydrogens (tertiary/aromatic N) is 2. The van der Waals surface area contributed by atoms with Crippen molar-refractivity contribution in [2.45, 2.75) is 66.2 Å². The van der Waals surface area contributed by atoms with Crippen molar-refractivity contribution in [3.05, 3.63) is 93.0 Å². The Labute approximate surface area is 209 Å². The maximum Gasteiger partial charge on any atom is 0.217 e. The van der Waals surface area contributed by atoms with Gasteiger partial charge in [0.2, 0.25) is 7.98 Å². The zero-order chi connectivity index (χ0) is 25.6. The molecule has 0 radical (unpaired) electrons. The second-order valence-electron chi connectivity index (χ2n) is 11.5. The van der Waals surface area contributed by atoms with Gasteiger partial charge in [-0.05, 0) is 79.3 Å². The van der Waals surface area contributed by atoms with E-state index in [-0.39, 0.29) is 10.8 Å². The third-order valence-corrected chi connectivity index (χ3v) is 7.65. The molecule has 0 bridgehead atoms. The fraction of sp³-hybridized carbons (Fsp3) is 0.419. The molecule has 0 saturated heterocycles. The van der Waals surface area contributed by atoms with E-state index >= 15 is 0 Å². The lowest BCUT2D eigenvalue weighted by Crippen LogP contribution is -2.23. The number of anilines is 2. The molecular formula is C31H43BN2. The van der Waals surface area contributed by atoms with Gasteiger partial charge in [-0.2, -0.15) is 0 Å². The molecule has 0 aliphatic carbocycles. The lowest BCUT2D eigenvalue weighted by Gasteiger charge is -2.32. The third-order valence-electron chi connectivity index (χ3n) is 7.65. The quantitative estimate of drug-likeness (QED) is 0.386. The highest BCUT2D eigenvalue weighted by atomic mass is 15.1. The average molecular weight is 455 g/mol. The second-order valence-corrected chi connectivity index (χ2v) is 11.5. The summed E-state index contributed by atoms with van der Waals surface area (Å²) < 4.78 is 0. The molecule has 2 nitrogen and oxygen atoms in total. The third kappa shape index (κ3) is 4.62. The first-order chi connectivity index (χ1) is 15.7. The van der Waals surface area contributed by atoms with E-state index in [1.807, 2.05) is 0 Å². The van der Waals surface area contributed by atoms with E-state index in [4.69, 9.17) is 0 Å². The molecule has 0 N–H and O–H groups in total. The summed E-state index contributed by atoms with van der Waals surface area (Å²) in [5.41, 5.74) is 13.3. The maximum atomic E-state index is 2.36. The summed E-state index contributed by atoms with van der Waals surface area (Å²) in [5, 5.41) is 0. The highest BCUT2D eigenvalue weighted by molar-refractivity contribution is 6.18. The molecule has 3 aromatic rings. The van der Waals surface area contributed by atoms with Crippen molar-refractivity contribution in [2.24, 2.45) is 0 Å². The minimum absolute atomic E-state index is 0.0659. The Morgan fingerprint density at radius 3 is 1.09 bits per heavy atom. The Bertz CT molecular complexity index is 1040. The van der Waals surface area contributed by atoms with Gasteiger partial charge in [0.05, 0.1) is 0 Å². The molecular weight excluding hydrogens is 411 g/mol. The fourth-order valence-corrected chi connectivity index (χ4v) is 5.68. The van der Waals surface area contributed by atoms with E-state index in [1.54, 1.807) is 0 Å². The topological polar surface area (TPSA) is 6.48 Å². The molecule has 0 atom stereocenters. The zero-order valence-electron chi connectivity index (χ0n) is 23.5. The van der Waals surface area contributed by atoms with Gasteiger partial charge in [0, 0.05) is 36.3 Å². The SMILES string of the molecule is BN(C)c1c(C)cc(C(C)(C)c2ccc(C(C)(C)c3cc(C)c(N(C)C)c(C)c3)cc2)cc1C. The molecule has 0 aliphatic rings. The molecule has 0 aromatic heterocycles. The summed E-state index contributed by atoms with van der Waals surface area (Å²) >= 11 is 0. The Morgan fingerprint density at radius 2 is 0.824 bits per heavy atom. The normalized spacial score (nSPS) is 12.1. The van der Waals surface area contributed by atoms with Crippen LogP contribution in [0.5, 0.6) is 0 Å². The van der Waals surface area contributed by atoms with E-state index in [0.717, 1.165) is 0 Å². The van der Waals surface area contributed by atoms with Crippen LogP contribution in [-0.4, -0.2) is 29.1 Å². The molecule has 180 valence electrons. The summed E-state index contributed by atoms with van der Waals surface area (Å²) in [7, 11) is 8.49. The van der Waals surface area contributed by atoms with E-state index in [0.29, 0.717) is 0 Å². The molecule has 0 heterocycles. The first kappa shape index (κ1) is 25.9. The zero-order valence-corrected chi connectivity index (χ0v) is 23.5. The highest BCUT2D eigenvalue weighted by Gasteiger charge is 2.28. The van der Waals surface area contributed by atoms with Crippen molar-refractivity contribution in [2.75, 3.05) is 30.9 Å². The maximum absolute atomic E-state index is 2.36. The molecule has 34 heavy (non-hydrogen) atoms. The summed E-state index contributed by atoms with van der Waals surface area (Å²) in [6, 6.07) is 18.8. The van der Waals surface area contributed by atoms with Crippen LogP contribution in [0, 0.1) is 27.7 Å². The fourth-order valence-electron chi connectivity index (χ4n) is 5.68. The van der Waals surface area contributed by atoms with Gasteiger partial charge >= 0.3 is 0 Å². The van der Waals surface area contributed by atoms with Crippen molar-refractivity contribution in [3.8, 4) is 0 Å². The minimum atomic E-state index is -0.0659. The van der Waals surface area contributed by atoms with Crippen LogP contribution < -0.4 is 9.71 Å². The van der Waals surface area contributed by atoms with Crippen molar-refractivity contribution < 1.29 is 0 Å². The van der Waals surface area contributed by atoms with Crippen LogP contribution in [0.4, 0.5) is 11.4 Å². The Kier molecular flexibility index (Phi) is 7.00. The van der Waals surface area contributed by atoms with Crippen molar-refractivity contribution in [3.63, 3.8) is 0 Å². The first-order valence-corrected chi connectivity index (χ1v) is 12.4. The second kappa shape index (κ2) is 9.17. The predicted molar refractivity (Wildman–Crippen MR) is 154 cm³/mol. The van der Waals surface area contributed by atoms with Gasteiger partial charge in [0.15, 0.2) is 0 Å². The number of hydrogen-bond donors (Lipinski definition) is 0. The van der Waals surface area contributed by atoms with Crippen LogP contribution in [0.1, 0.15) is 72.2 Å². The van der Waals surface area contributed by atoms with E-state index < -0.39 is 0 Å². The smallest absolute Gasteiger partial charge is 0.217 e. The Morgan fingerprint density at radius 1 is 0.529 bits per heavy atom. The molecule has 0 aliphatic heterocycles. The molecule has 0 amide bonds. The largest absolute Gasteiger partial charge is 0.424 e. The monoisotopic (exact) mass is 454 g/mol. The van der Waals surface area contributed by atoms with E-state index in [9.17, 15) is 0 Å². The molecule has 0 fully saturated rings. The molecule has 0 saturated carbocycles. The van der Waals surface area contributed by atoms with Crippen LogP contribution >= 0.6 is 0 Å². The van der Waals surface area contributed by atoms with Crippen LogP contribution in [0.25, 0.3) is 0 Å². The molecule has 0 unspecified atom stereocenters. The van der Waals surface area contributed by atoms with Crippen LogP contribution in [0.3, 0.4) is 0 Å². The summed E-state index contributed by atoms with van der Waals surface area (Å²) in [6.45, 7) is 18.2. The van der Waals surface area contributed by atoms with Gasteiger partial charge in [0.25, 0.3) is 0 Å². The molecule has 3 aromatic carbocycles. The Hall–Kier alpha value is -2.68.